The molecule has 1 aliphatic rings. The smallest absolute Gasteiger partial charge is 0.347 e. The van der Waals surface area contributed by atoms with Crippen LogP contribution in [0.4, 0.5) is 0 Å². The number of aromatic nitrogens is 2. The number of nitrogens with zero attached hydrogens (tertiary/aromatic N) is 2. The molecule has 0 bridgehead atoms. The zero-order valence-electron chi connectivity index (χ0n) is 5.09. The van der Waals surface area contributed by atoms with Crippen LogP contribution in [-0.4, -0.2) is 18.6 Å². The maximum Gasteiger partial charge on any atom is 0.502 e. The fourth-order valence-electron chi connectivity index (χ4n) is 0.652. The molecule has 0 fully saturated rings. The molecule has 0 amide bonds. The molecule has 7 heteroatoms. The van der Waals surface area contributed by atoms with Crippen LogP contribution in [0, 0.1) is 0 Å². The van der Waals surface area contributed by atoms with E-state index in [-0.39, 0.29) is 11.6 Å². The van der Waals surface area contributed by atoms with Gasteiger partial charge in [0.05, 0.1) is 6.20 Å². The molecule has 2 rings (SSSR count). The van der Waals surface area contributed by atoms with Gasteiger partial charge in [-0.15, -0.1) is 13.5 Å². The van der Waals surface area contributed by atoms with E-state index in [1.54, 1.807) is 0 Å². The van der Waals surface area contributed by atoms with Crippen LogP contribution in [0.25, 0.3) is 0 Å². The average Bonchev–Trinajstić information content (AvgIpc) is 2.21. The number of rotatable bonds is 0. The van der Waals surface area contributed by atoms with E-state index < -0.39 is 10.4 Å². The summed E-state index contributed by atoms with van der Waals surface area (Å²) in [4.78, 5) is 0. The second-order valence-corrected chi connectivity index (χ2v) is 2.93. The normalized spacial score (nSPS) is 18.2. The third-order valence-corrected chi connectivity index (χ3v) is 1.77. The highest BCUT2D eigenvalue weighted by Gasteiger charge is 2.29. The van der Waals surface area contributed by atoms with Gasteiger partial charge in [-0.2, -0.15) is 5.10 Å². The molecule has 2 heterocycles. The molecular weight excluding hydrogens is 172 g/mol. The minimum absolute atomic E-state index is 0.0694. The molecule has 0 aliphatic carbocycles. The monoisotopic (exact) mass is 174 g/mol. The van der Waals surface area contributed by atoms with E-state index in [9.17, 15) is 8.42 Å². The van der Waals surface area contributed by atoms with Gasteiger partial charge in [-0.25, -0.2) is 0 Å². The summed E-state index contributed by atoms with van der Waals surface area (Å²) >= 11 is 0. The summed E-state index contributed by atoms with van der Waals surface area (Å²) in [5.74, 6) is -0.0486. The van der Waals surface area contributed by atoms with Crippen LogP contribution in [0.2, 0.25) is 0 Å². The van der Waals surface area contributed by atoms with Crippen molar-refractivity contribution in [2.45, 2.75) is 0 Å². The highest BCUT2D eigenvalue weighted by atomic mass is 32.3. The topological polar surface area (TPSA) is 78.4 Å². The summed E-state index contributed by atoms with van der Waals surface area (Å²) < 4.78 is 29.8. The van der Waals surface area contributed by atoms with Crippen molar-refractivity contribution >= 4 is 10.4 Å². The van der Waals surface area contributed by atoms with Crippen molar-refractivity contribution in [3.8, 4) is 11.6 Å². The first kappa shape index (κ1) is 6.35. The van der Waals surface area contributed by atoms with E-state index in [0.717, 1.165) is 0 Å². The molecule has 1 aromatic rings. The molecule has 1 aliphatic heterocycles. The van der Waals surface area contributed by atoms with E-state index in [1.165, 1.54) is 12.3 Å². The molecule has 0 unspecified atom stereocenters. The third-order valence-electron chi connectivity index (χ3n) is 1.02. The Morgan fingerprint density at radius 1 is 1.36 bits per heavy atom. The summed E-state index contributed by atoms with van der Waals surface area (Å²) in [6.07, 6.45) is 1.31. The first-order valence-corrected chi connectivity index (χ1v) is 3.96. The summed E-state index contributed by atoms with van der Waals surface area (Å²) in [6.45, 7) is 0. The van der Waals surface area contributed by atoms with Crippen molar-refractivity contribution in [1.29, 1.82) is 0 Å². The van der Waals surface area contributed by atoms with Gasteiger partial charge in [0.1, 0.15) is 0 Å². The fourth-order valence-corrected chi connectivity index (χ4v) is 1.34. The standard InChI is InChI=1S/C4H2N2O4S/c7-11(8)9-3-1-2-5-6-4(3)10-11/h1-2H. The first-order valence-electron chi connectivity index (χ1n) is 2.63. The van der Waals surface area contributed by atoms with Crippen molar-refractivity contribution in [1.82, 2.24) is 10.2 Å². The summed E-state index contributed by atoms with van der Waals surface area (Å²) in [5.41, 5.74) is 0. The van der Waals surface area contributed by atoms with Crippen LogP contribution in [0.15, 0.2) is 12.3 Å². The van der Waals surface area contributed by atoms with Gasteiger partial charge in [0, 0.05) is 6.07 Å². The number of hydrogen-bond donors (Lipinski definition) is 0. The van der Waals surface area contributed by atoms with Gasteiger partial charge in [-0.05, 0) is 0 Å². The lowest BCUT2D eigenvalue weighted by molar-refractivity contribution is 0.433. The van der Waals surface area contributed by atoms with Crippen molar-refractivity contribution in [2.24, 2.45) is 0 Å². The summed E-state index contributed by atoms with van der Waals surface area (Å²) in [5, 5.41) is 6.78. The second kappa shape index (κ2) is 1.82. The van der Waals surface area contributed by atoms with Crippen molar-refractivity contribution in [3.63, 3.8) is 0 Å². The number of hydrogen-bond acceptors (Lipinski definition) is 6. The first-order chi connectivity index (χ1) is 5.17. The van der Waals surface area contributed by atoms with Gasteiger partial charge < -0.3 is 8.37 Å². The molecule has 0 N–H and O–H groups in total. The minimum Gasteiger partial charge on any atom is -0.347 e. The maximum absolute atomic E-state index is 10.6. The molecule has 6 nitrogen and oxygen atoms in total. The largest absolute Gasteiger partial charge is 0.502 e. The van der Waals surface area contributed by atoms with E-state index in [4.69, 9.17) is 0 Å². The summed E-state index contributed by atoms with van der Waals surface area (Å²) in [7, 11) is -3.91. The predicted molar refractivity (Wildman–Crippen MR) is 32.2 cm³/mol. The molecular formula is C4H2N2O4S. The maximum atomic E-state index is 10.6. The molecule has 0 atom stereocenters. The third kappa shape index (κ3) is 0.984. The fraction of sp³-hybridized carbons (Fsp3) is 0. The van der Waals surface area contributed by atoms with E-state index in [1.807, 2.05) is 0 Å². The molecule has 11 heavy (non-hydrogen) atoms. The SMILES string of the molecule is O=S1(=O)Oc2ccnnc2O1. The Kier molecular flexibility index (Phi) is 1.05. The molecule has 0 spiro atoms. The lowest BCUT2D eigenvalue weighted by atomic mass is 10.5. The van der Waals surface area contributed by atoms with Crippen LogP contribution >= 0.6 is 0 Å². The Labute approximate surface area is 62.1 Å². The Bertz CT molecular complexity index is 356. The highest BCUT2D eigenvalue weighted by molar-refractivity contribution is 7.82. The van der Waals surface area contributed by atoms with Crippen molar-refractivity contribution in [3.05, 3.63) is 12.3 Å². The molecule has 58 valence electrons. The van der Waals surface area contributed by atoms with Crippen LogP contribution in [0.5, 0.6) is 11.6 Å². The highest BCUT2D eigenvalue weighted by Crippen LogP contribution is 2.31. The predicted octanol–water partition coefficient (Wildman–Crippen LogP) is -0.507. The molecule has 1 aromatic heterocycles. The molecule has 0 radical (unpaired) electrons. The summed E-state index contributed by atoms with van der Waals surface area (Å²) in [6, 6.07) is 1.35. The van der Waals surface area contributed by atoms with Crippen molar-refractivity contribution < 1.29 is 16.8 Å². The van der Waals surface area contributed by atoms with Crippen LogP contribution < -0.4 is 8.37 Å². The van der Waals surface area contributed by atoms with Gasteiger partial charge >= 0.3 is 10.4 Å². The lowest BCUT2D eigenvalue weighted by Gasteiger charge is -1.86. The Balaban J connectivity index is 2.57. The van der Waals surface area contributed by atoms with Gasteiger partial charge in [-0.1, -0.05) is 0 Å². The van der Waals surface area contributed by atoms with E-state index >= 15 is 0 Å². The van der Waals surface area contributed by atoms with Gasteiger partial charge in [0.2, 0.25) is 5.75 Å². The van der Waals surface area contributed by atoms with Gasteiger partial charge in [0.15, 0.2) is 0 Å². The molecule has 0 saturated heterocycles. The van der Waals surface area contributed by atoms with Gasteiger partial charge in [-0.3, -0.25) is 0 Å². The number of fused-ring (bicyclic) bond motifs is 1. The molecule has 0 saturated carbocycles. The Hall–Kier alpha value is -1.37. The Morgan fingerprint density at radius 3 is 2.91 bits per heavy atom. The van der Waals surface area contributed by atoms with Crippen LogP contribution in [-0.2, 0) is 10.4 Å². The van der Waals surface area contributed by atoms with E-state index in [0.29, 0.717) is 0 Å². The average molecular weight is 174 g/mol. The van der Waals surface area contributed by atoms with E-state index in [2.05, 4.69) is 18.6 Å². The Morgan fingerprint density at radius 2 is 2.18 bits per heavy atom. The van der Waals surface area contributed by atoms with Gasteiger partial charge in [0.25, 0.3) is 5.88 Å². The minimum atomic E-state index is -3.91. The van der Waals surface area contributed by atoms with Crippen molar-refractivity contribution in [2.75, 3.05) is 0 Å². The molecule has 0 aromatic carbocycles. The zero-order chi connectivity index (χ0) is 7.90. The second-order valence-electron chi connectivity index (χ2n) is 1.78. The van der Waals surface area contributed by atoms with Crippen LogP contribution in [0.1, 0.15) is 0 Å². The van der Waals surface area contributed by atoms with Crippen LogP contribution in [0.3, 0.4) is 0 Å². The lowest BCUT2D eigenvalue weighted by Crippen LogP contribution is -2.08. The zero-order valence-corrected chi connectivity index (χ0v) is 5.91. The quantitative estimate of drug-likeness (QED) is 0.527.